The molecule has 0 radical (unpaired) electrons. The highest BCUT2D eigenvalue weighted by molar-refractivity contribution is 6.30. The summed E-state index contributed by atoms with van der Waals surface area (Å²) in [6.45, 7) is 7.01. The van der Waals surface area contributed by atoms with Gasteiger partial charge in [-0.3, -0.25) is 9.59 Å². The predicted octanol–water partition coefficient (Wildman–Crippen LogP) is 4.94. The van der Waals surface area contributed by atoms with Crippen molar-refractivity contribution in [2.75, 3.05) is 18.4 Å². The molecule has 1 aliphatic rings. The molecule has 0 unspecified atom stereocenters. The molecule has 166 valence electrons. The standard InChI is InChI=1S/C25H27ClN4O2/c1-16-7-10-27-23(13-16)28-24(31)19-8-11-29(12-9-19)25(32)22-14-17(2)30(18(22)3)21-6-4-5-20(26)15-21/h4-7,10,13-15,19H,8-9,11-12H2,1-3H3,(H,27,28,31). The van der Waals surface area contributed by atoms with Gasteiger partial charge in [-0.15, -0.1) is 0 Å². The van der Waals surface area contributed by atoms with E-state index in [1.165, 1.54) is 0 Å². The average Bonchev–Trinajstić information content (AvgIpc) is 3.07. The molecule has 0 saturated carbocycles. The van der Waals surface area contributed by atoms with E-state index >= 15 is 0 Å². The van der Waals surface area contributed by atoms with E-state index in [4.69, 9.17) is 11.6 Å². The Kier molecular flexibility index (Phi) is 6.33. The van der Waals surface area contributed by atoms with Gasteiger partial charge in [0.2, 0.25) is 5.91 Å². The average molecular weight is 451 g/mol. The van der Waals surface area contributed by atoms with Crippen molar-refractivity contribution >= 4 is 29.2 Å². The minimum Gasteiger partial charge on any atom is -0.339 e. The van der Waals surface area contributed by atoms with E-state index in [9.17, 15) is 9.59 Å². The van der Waals surface area contributed by atoms with Crippen LogP contribution in [0.25, 0.3) is 5.69 Å². The molecule has 3 heterocycles. The van der Waals surface area contributed by atoms with Crippen molar-refractivity contribution in [3.8, 4) is 5.69 Å². The van der Waals surface area contributed by atoms with Crippen molar-refractivity contribution in [1.29, 1.82) is 0 Å². The van der Waals surface area contributed by atoms with E-state index in [0.29, 0.717) is 42.3 Å². The third kappa shape index (κ3) is 4.55. The second-order valence-electron chi connectivity index (χ2n) is 8.37. The highest BCUT2D eigenvalue weighted by Crippen LogP contribution is 2.26. The largest absolute Gasteiger partial charge is 0.339 e. The van der Waals surface area contributed by atoms with Crippen molar-refractivity contribution in [1.82, 2.24) is 14.5 Å². The van der Waals surface area contributed by atoms with Gasteiger partial charge in [-0.2, -0.15) is 0 Å². The highest BCUT2D eigenvalue weighted by Gasteiger charge is 2.29. The Morgan fingerprint density at radius 1 is 1.06 bits per heavy atom. The molecule has 0 bridgehead atoms. The Morgan fingerprint density at radius 2 is 1.81 bits per heavy atom. The molecule has 2 amide bonds. The number of benzene rings is 1. The summed E-state index contributed by atoms with van der Waals surface area (Å²) in [5.74, 6) is 0.419. The molecule has 1 N–H and O–H groups in total. The number of nitrogens with zero attached hydrogens (tertiary/aromatic N) is 3. The van der Waals surface area contributed by atoms with Gasteiger partial charge >= 0.3 is 0 Å². The van der Waals surface area contributed by atoms with Crippen molar-refractivity contribution in [2.24, 2.45) is 5.92 Å². The Morgan fingerprint density at radius 3 is 2.50 bits per heavy atom. The second kappa shape index (κ2) is 9.17. The third-order valence-electron chi connectivity index (χ3n) is 6.05. The maximum Gasteiger partial charge on any atom is 0.255 e. The lowest BCUT2D eigenvalue weighted by Crippen LogP contribution is -2.41. The van der Waals surface area contributed by atoms with Gasteiger partial charge in [0.1, 0.15) is 5.82 Å². The molecular formula is C25H27ClN4O2. The monoisotopic (exact) mass is 450 g/mol. The van der Waals surface area contributed by atoms with Crippen LogP contribution in [-0.4, -0.2) is 39.4 Å². The highest BCUT2D eigenvalue weighted by atomic mass is 35.5. The molecule has 6 nitrogen and oxygen atoms in total. The number of hydrogen-bond donors (Lipinski definition) is 1. The minimum absolute atomic E-state index is 0.00517. The lowest BCUT2D eigenvalue weighted by Gasteiger charge is -2.31. The summed E-state index contributed by atoms with van der Waals surface area (Å²) in [5, 5.41) is 3.56. The maximum atomic E-state index is 13.3. The normalized spacial score (nSPS) is 14.4. The number of anilines is 1. The van der Waals surface area contributed by atoms with Crippen molar-refractivity contribution in [2.45, 2.75) is 33.6 Å². The number of hydrogen-bond acceptors (Lipinski definition) is 3. The van der Waals surface area contributed by atoms with Gasteiger partial charge < -0.3 is 14.8 Å². The molecular weight excluding hydrogens is 424 g/mol. The maximum absolute atomic E-state index is 13.3. The zero-order valence-electron chi connectivity index (χ0n) is 18.6. The number of nitrogens with one attached hydrogen (secondary N) is 1. The molecule has 32 heavy (non-hydrogen) atoms. The van der Waals surface area contributed by atoms with Crippen LogP contribution in [-0.2, 0) is 4.79 Å². The third-order valence-corrected chi connectivity index (χ3v) is 6.28. The van der Waals surface area contributed by atoms with Crippen molar-refractivity contribution < 1.29 is 9.59 Å². The van der Waals surface area contributed by atoms with Gasteiger partial charge in [0.15, 0.2) is 0 Å². The van der Waals surface area contributed by atoms with Crippen molar-refractivity contribution in [3.63, 3.8) is 0 Å². The molecule has 0 aliphatic carbocycles. The van der Waals surface area contributed by atoms with E-state index in [1.54, 1.807) is 6.20 Å². The summed E-state index contributed by atoms with van der Waals surface area (Å²) in [6, 6.07) is 13.3. The first-order valence-corrected chi connectivity index (χ1v) is 11.2. The summed E-state index contributed by atoms with van der Waals surface area (Å²) < 4.78 is 2.05. The lowest BCUT2D eigenvalue weighted by molar-refractivity contribution is -0.121. The fourth-order valence-corrected chi connectivity index (χ4v) is 4.52. The summed E-state index contributed by atoms with van der Waals surface area (Å²) in [6.07, 6.45) is 2.96. The fraction of sp³-hybridized carbons (Fsp3) is 0.320. The van der Waals surface area contributed by atoms with Gasteiger partial charge in [-0.05, 0) is 75.6 Å². The Labute approximate surface area is 193 Å². The molecule has 0 atom stereocenters. The Hall–Kier alpha value is -3.12. The smallest absolute Gasteiger partial charge is 0.255 e. The number of likely N-dealkylation sites (tertiary alicyclic amines) is 1. The summed E-state index contributed by atoms with van der Waals surface area (Å²) in [7, 11) is 0. The molecule has 1 aromatic carbocycles. The molecule has 2 aromatic heterocycles. The number of carbonyl (C=O) groups is 2. The van der Waals surface area contributed by atoms with Crippen LogP contribution >= 0.6 is 11.6 Å². The van der Waals surface area contributed by atoms with Gasteiger partial charge in [0, 0.05) is 47.3 Å². The topological polar surface area (TPSA) is 67.2 Å². The molecule has 4 rings (SSSR count). The zero-order valence-corrected chi connectivity index (χ0v) is 19.3. The van der Waals surface area contributed by atoms with Gasteiger partial charge in [-0.1, -0.05) is 17.7 Å². The Balaban J connectivity index is 1.43. The second-order valence-corrected chi connectivity index (χ2v) is 8.81. The van der Waals surface area contributed by atoms with Crippen LogP contribution < -0.4 is 5.32 Å². The van der Waals surface area contributed by atoms with Crippen LogP contribution in [0.4, 0.5) is 5.82 Å². The lowest BCUT2D eigenvalue weighted by atomic mass is 9.95. The van der Waals surface area contributed by atoms with Crippen LogP contribution in [0.5, 0.6) is 0 Å². The first-order valence-electron chi connectivity index (χ1n) is 10.8. The fourth-order valence-electron chi connectivity index (χ4n) is 4.34. The molecule has 1 aliphatic heterocycles. The predicted molar refractivity (Wildman–Crippen MR) is 126 cm³/mol. The molecule has 7 heteroatoms. The summed E-state index contributed by atoms with van der Waals surface area (Å²) in [5.41, 5.74) is 4.54. The Bertz CT molecular complexity index is 1160. The van der Waals surface area contributed by atoms with Crippen LogP contribution in [0, 0.1) is 26.7 Å². The van der Waals surface area contributed by atoms with E-state index in [1.807, 2.05) is 72.7 Å². The van der Waals surface area contributed by atoms with E-state index < -0.39 is 0 Å². The number of piperidine rings is 1. The number of amides is 2. The SMILES string of the molecule is Cc1ccnc(NC(=O)C2CCN(C(=O)c3cc(C)n(-c4cccc(Cl)c4)c3C)CC2)c1. The first-order chi connectivity index (χ1) is 15.3. The number of rotatable bonds is 4. The molecule has 1 saturated heterocycles. The number of carbonyl (C=O) groups excluding carboxylic acids is 2. The summed E-state index contributed by atoms with van der Waals surface area (Å²) >= 11 is 6.16. The van der Waals surface area contributed by atoms with Crippen LogP contribution in [0.1, 0.15) is 40.2 Å². The zero-order chi connectivity index (χ0) is 22.8. The van der Waals surface area contributed by atoms with E-state index in [-0.39, 0.29) is 17.7 Å². The number of halogens is 1. The van der Waals surface area contributed by atoms with Crippen LogP contribution in [0.2, 0.25) is 5.02 Å². The minimum atomic E-state index is -0.125. The van der Waals surface area contributed by atoms with Gasteiger partial charge in [-0.25, -0.2) is 4.98 Å². The van der Waals surface area contributed by atoms with Crippen molar-refractivity contribution in [3.05, 3.63) is 76.2 Å². The summed E-state index contributed by atoms with van der Waals surface area (Å²) in [4.78, 5) is 32.0. The molecule has 0 spiro atoms. The van der Waals surface area contributed by atoms with Crippen LogP contribution in [0.15, 0.2) is 48.7 Å². The van der Waals surface area contributed by atoms with Crippen LogP contribution in [0.3, 0.4) is 0 Å². The van der Waals surface area contributed by atoms with E-state index in [0.717, 1.165) is 22.6 Å². The molecule has 1 fully saturated rings. The first kappa shape index (κ1) is 22.1. The quantitative estimate of drug-likeness (QED) is 0.612. The van der Waals surface area contributed by atoms with Gasteiger partial charge in [0.25, 0.3) is 5.91 Å². The van der Waals surface area contributed by atoms with E-state index in [2.05, 4.69) is 10.3 Å². The molecule has 3 aromatic rings. The number of pyridine rings is 1. The number of aryl methyl sites for hydroxylation is 2. The van der Waals surface area contributed by atoms with Gasteiger partial charge in [0.05, 0.1) is 5.56 Å². The number of aromatic nitrogens is 2.